The van der Waals surface area contributed by atoms with E-state index in [0.717, 1.165) is 39.8 Å². The zero-order valence-corrected chi connectivity index (χ0v) is 14.6. The van der Waals surface area contributed by atoms with E-state index < -0.39 is 0 Å². The molecule has 1 heterocycles. The first-order chi connectivity index (χ1) is 8.08. The summed E-state index contributed by atoms with van der Waals surface area (Å²) in [5.74, 6) is 0. The predicted octanol–water partition coefficient (Wildman–Crippen LogP) is 6.64. The molecule has 0 aliphatic heterocycles. The minimum absolute atomic E-state index is 0.855. The number of hydrogen-bond donors (Lipinski definition) is 0. The van der Waals surface area contributed by atoms with Crippen LogP contribution in [-0.2, 0) is 0 Å². The molecule has 0 fully saturated rings. The first-order valence-electron chi connectivity index (χ1n) is 4.73. The topological polar surface area (TPSA) is 13.1 Å². The highest BCUT2D eigenvalue weighted by Crippen LogP contribution is 2.40. The van der Waals surface area contributed by atoms with E-state index in [-0.39, 0.29) is 0 Å². The van der Waals surface area contributed by atoms with E-state index in [4.69, 9.17) is 4.42 Å². The molecule has 2 aromatic carbocycles. The second-order valence-corrected chi connectivity index (χ2v) is 7.02. The van der Waals surface area contributed by atoms with Crippen LogP contribution in [0.15, 0.2) is 46.6 Å². The van der Waals surface area contributed by atoms with Crippen molar-refractivity contribution in [3.63, 3.8) is 0 Å². The number of hydrogen-bond acceptors (Lipinski definition) is 1. The van der Waals surface area contributed by atoms with E-state index in [9.17, 15) is 0 Å². The van der Waals surface area contributed by atoms with Gasteiger partial charge in [-0.3, -0.25) is 0 Å². The SMILES string of the molecule is Brc1cc(Br)c2oc3c(Br)c(Br)ccc3c2c1. The maximum Gasteiger partial charge on any atom is 0.150 e. The predicted molar refractivity (Wildman–Crippen MR) is 84.5 cm³/mol. The lowest BCUT2D eigenvalue weighted by Gasteiger charge is -1.95. The Morgan fingerprint density at radius 2 is 1.53 bits per heavy atom. The molecule has 3 aromatic rings. The lowest BCUT2D eigenvalue weighted by atomic mass is 10.1. The molecule has 0 aliphatic rings. The summed E-state index contributed by atoms with van der Waals surface area (Å²) in [7, 11) is 0. The van der Waals surface area contributed by atoms with Gasteiger partial charge in [-0.1, -0.05) is 15.9 Å². The summed E-state index contributed by atoms with van der Waals surface area (Å²) >= 11 is 14.0. The van der Waals surface area contributed by atoms with Crippen molar-refractivity contribution in [1.82, 2.24) is 0 Å². The van der Waals surface area contributed by atoms with Gasteiger partial charge in [0.2, 0.25) is 0 Å². The number of rotatable bonds is 0. The van der Waals surface area contributed by atoms with Gasteiger partial charge in [0, 0.05) is 19.7 Å². The second kappa shape index (κ2) is 4.37. The monoisotopic (exact) mass is 480 g/mol. The lowest BCUT2D eigenvalue weighted by molar-refractivity contribution is 0.664. The third-order valence-corrected chi connectivity index (χ3v) is 5.58. The van der Waals surface area contributed by atoms with Gasteiger partial charge in [0.15, 0.2) is 5.58 Å². The molecule has 0 saturated heterocycles. The van der Waals surface area contributed by atoms with Gasteiger partial charge in [-0.05, 0) is 72.1 Å². The minimum Gasteiger partial charge on any atom is -0.454 e. The highest BCUT2D eigenvalue weighted by Gasteiger charge is 2.14. The largest absolute Gasteiger partial charge is 0.454 e. The van der Waals surface area contributed by atoms with Gasteiger partial charge in [0.05, 0.1) is 8.95 Å². The first kappa shape index (κ1) is 12.2. The molecule has 0 saturated carbocycles. The van der Waals surface area contributed by atoms with Crippen LogP contribution in [0, 0.1) is 0 Å². The molecule has 0 atom stereocenters. The molecule has 0 bridgehead atoms. The first-order valence-corrected chi connectivity index (χ1v) is 7.90. The molecule has 0 aliphatic carbocycles. The summed E-state index contributed by atoms with van der Waals surface area (Å²) in [5.41, 5.74) is 1.72. The molecule has 1 aromatic heterocycles. The van der Waals surface area contributed by atoms with Gasteiger partial charge < -0.3 is 4.42 Å². The van der Waals surface area contributed by atoms with Crippen LogP contribution >= 0.6 is 63.7 Å². The third-order valence-electron chi connectivity index (χ3n) is 2.55. The van der Waals surface area contributed by atoms with Crippen molar-refractivity contribution in [2.45, 2.75) is 0 Å². The van der Waals surface area contributed by atoms with Crippen LogP contribution in [0.1, 0.15) is 0 Å². The van der Waals surface area contributed by atoms with E-state index >= 15 is 0 Å². The summed E-state index contributed by atoms with van der Waals surface area (Å²) in [5, 5.41) is 2.19. The van der Waals surface area contributed by atoms with Crippen molar-refractivity contribution in [2.24, 2.45) is 0 Å². The summed E-state index contributed by atoms with van der Waals surface area (Å²) < 4.78 is 9.80. The maximum absolute atomic E-state index is 5.91. The Morgan fingerprint density at radius 1 is 0.765 bits per heavy atom. The summed E-state index contributed by atoms with van der Waals surface area (Å²) in [6, 6.07) is 8.10. The summed E-state index contributed by atoms with van der Waals surface area (Å²) in [6.45, 7) is 0. The molecule has 5 heteroatoms. The van der Waals surface area contributed by atoms with E-state index in [1.807, 2.05) is 12.1 Å². The fraction of sp³-hybridized carbons (Fsp3) is 0. The lowest BCUT2D eigenvalue weighted by Crippen LogP contribution is -1.71. The van der Waals surface area contributed by atoms with E-state index in [2.05, 4.69) is 75.9 Å². The molecule has 0 spiro atoms. The Morgan fingerprint density at radius 3 is 2.29 bits per heavy atom. The minimum atomic E-state index is 0.855. The van der Waals surface area contributed by atoms with Crippen molar-refractivity contribution >= 4 is 85.7 Å². The Hall–Kier alpha value is 0.160. The number of fused-ring (bicyclic) bond motifs is 3. The molecular weight excluding hydrogens is 480 g/mol. The van der Waals surface area contributed by atoms with Crippen LogP contribution in [0.2, 0.25) is 0 Å². The summed E-state index contributed by atoms with van der Waals surface area (Å²) in [6.07, 6.45) is 0. The van der Waals surface area contributed by atoms with Gasteiger partial charge in [-0.15, -0.1) is 0 Å². The zero-order valence-electron chi connectivity index (χ0n) is 8.23. The van der Waals surface area contributed by atoms with E-state index in [0.29, 0.717) is 0 Å². The van der Waals surface area contributed by atoms with Crippen LogP contribution < -0.4 is 0 Å². The molecule has 0 amide bonds. The fourth-order valence-corrected chi connectivity index (χ4v) is 3.86. The van der Waals surface area contributed by atoms with Gasteiger partial charge in [0.25, 0.3) is 0 Å². The zero-order chi connectivity index (χ0) is 12.2. The Balaban J connectivity index is 2.59. The highest BCUT2D eigenvalue weighted by molar-refractivity contribution is 9.13. The number of furan rings is 1. The molecule has 0 N–H and O–H groups in total. The smallest absolute Gasteiger partial charge is 0.150 e. The fourth-order valence-electron chi connectivity index (χ4n) is 1.81. The summed E-state index contributed by atoms with van der Waals surface area (Å²) in [4.78, 5) is 0. The third kappa shape index (κ3) is 1.91. The van der Waals surface area contributed by atoms with Crippen LogP contribution in [0.4, 0.5) is 0 Å². The molecule has 0 radical (unpaired) electrons. The van der Waals surface area contributed by atoms with Gasteiger partial charge in [0.1, 0.15) is 5.58 Å². The molecule has 17 heavy (non-hydrogen) atoms. The maximum atomic E-state index is 5.91. The number of halogens is 4. The normalized spacial score (nSPS) is 11.5. The molecule has 86 valence electrons. The van der Waals surface area contributed by atoms with Crippen molar-refractivity contribution in [2.75, 3.05) is 0 Å². The number of benzene rings is 2. The van der Waals surface area contributed by atoms with E-state index in [1.165, 1.54) is 0 Å². The van der Waals surface area contributed by atoms with E-state index in [1.54, 1.807) is 0 Å². The average Bonchev–Trinajstić information content (AvgIpc) is 2.63. The molecule has 1 nitrogen and oxygen atoms in total. The van der Waals surface area contributed by atoms with Crippen LogP contribution in [0.3, 0.4) is 0 Å². The van der Waals surface area contributed by atoms with Crippen LogP contribution in [0.5, 0.6) is 0 Å². The molecule has 3 rings (SSSR count). The average molecular weight is 484 g/mol. The van der Waals surface area contributed by atoms with Crippen molar-refractivity contribution in [3.05, 3.63) is 42.2 Å². The Kier molecular flexibility index (Phi) is 3.14. The van der Waals surface area contributed by atoms with Gasteiger partial charge in [-0.25, -0.2) is 0 Å². The quantitative estimate of drug-likeness (QED) is 0.349. The van der Waals surface area contributed by atoms with Gasteiger partial charge >= 0.3 is 0 Å². The molecule has 0 unspecified atom stereocenters. The van der Waals surface area contributed by atoms with Gasteiger partial charge in [-0.2, -0.15) is 0 Å². The standard InChI is InChI=1S/C12H4Br4O/c13-5-3-7-6-1-2-8(14)10(16)12(6)17-11(7)9(15)4-5/h1-4H. The second-order valence-electron chi connectivity index (χ2n) is 3.60. The van der Waals surface area contributed by atoms with Crippen LogP contribution in [-0.4, -0.2) is 0 Å². The highest BCUT2D eigenvalue weighted by atomic mass is 79.9. The van der Waals surface area contributed by atoms with Crippen molar-refractivity contribution in [3.8, 4) is 0 Å². The van der Waals surface area contributed by atoms with Crippen LogP contribution in [0.25, 0.3) is 21.9 Å². The Labute approximate surface area is 131 Å². The molecular formula is C12H4Br4O. The van der Waals surface area contributed by atoms with Crippen molar-refractivity contribution < 1.29 is 4.42 Å². The van der Waals surface area contributed by atoms with Crippen molar-refractivity contribution in [1.29, 1.82) is 0 Å². The Bertz CT molecular complexity index is 745.